The molecular formula is C14H25N3O4. The highest BCUT2D eigenvalue weighted by molar-refractivity contribution is 5.75. The summed E-state index contributed by atoms with van der Waals surface area (Å²) in [5, 5.41) is 11.9. The topological polar surface area (TPSA) is 82.1 Å². The fourth-order valence-corrected chi connectivity index (χ4v) is 2.89. The summed E-state index contributed by atoms with van der Waals surface area (Å²) in [5.74, 6) is -0.820. The maximum atomic E-state index is 12.4. The zero-order valence-electron chi connectivity index (χ0n) is 12.6. The third kappa shape index (κ3) is 4.86. The predicted octanol–water partition coefficient (Wildman–Crippen LogP) is 0.357. The van der Waals surface area contributed by atoms with E-state index in [0.29, 0.717) is 26.2 Å². The fourth-order valence-electron chi connectivity index (χ4n) is 2.89. The van der Waals surface area contributed by atoms with Crippen molar-refractivity contribution in [1.29, 1.82) is 0 Å². The summed E-state index contributed by atoms with van der Waals surface area (Å²) in [5.41, 5.74) is -0.289. The van der Waals surface area contributed by atoms with Crippen molar-refractivity contribution in [3.63, 3.8) is 0 Å². The SMILES string of the molecule is CC1(NC(=O)N2CCCN(CC(=O)O)CC2)CCCOC1. The maximum absolute atomic E-state index is 12.4. The second-order valence-electron chi connectivity index (χ2n) is 6.16. The van der Waals surface area contributed by atoms with Gasteiger partial charge in [-0.25, -0.2) is 4.79 Å². The highest BCUT2D eigenvalue weighted by Gasteiger charge is 2.31. The number of rotatable bonds is 3. The first kappa shape index (κ1) is 16.0. The van der Waals surface area contributed by atoms with Crippen LogP contribution in [0.1, 0.15) is 26.2 Å². The summed E-state index contributed by atoms with van der Waals surface area (Å²) in [6.07, 6.45) is 2.69. The zero-order chi connectivity index (χ0) is 15.3. The number of amides is 2. The van der Waals surface area contributed by atoms with Crippen molar-refractivity contribution in [2.75, 3.05) is 45.9 Å². The van der Waals surface area contributed by atoms with Gasteiger partial charge >= 0.3 is 12.0 Å². The lowest BCUT2D eigenvalue weighted by Gasteiger charge is -2.36. The van der Waals surface area contributed by atoms with Crippen molar-refractivity contribution in [2.45, 2.75) is 31.7 Å². The molecule has 2 amide bonds. The molecule has 2 heterocycles. The number of hydrogen-bond acceptors (Lipinski definition) is 4. The van der Waals surface area contributed by atoms with Gasteiger partial charge in [-0.05, 0) is 26.2 Å². The van der Waals surface area contributed by atoms with Crippen molar-refractivity contribution in [3.05, 3.63) is 0 Å². The van der Waals surface area contributed by atoms with Gasteiger partial charge in [0.25, 0.3) is 0 Å². The summed E-state index contributed by atoms with van der Waals surface area (Å²) in [4.78, 5) is 26.8. The van der Waals surface area contributed by atoms with Crippen molar-refractivity contribution in [2.24, 2.45) is 0 Å². The molecule has 0 aromatic heterocycles. The van der Waals surface area contributed by atoms with E-state index in [0.717, 1.165) is 32.4 Å². The number of carboxylic acids is 1. The first-order valence-corrected chi connectivity index (χ1v) is 7.57. The lowest BCUT2D eigenvalue weighted by Crippen LogP contribution is -2.56. The molecule has 120 valence electrons. The average Bonchev–Trinajstić information content (AvgIpc) is 2.64. The van der Waals surface area contributed by atoms with Crippen molar-refractivity contribution < 1.29 is 19.4 Å². The van der Waals surface area contributed by atoms with Crippen LogP contribution in [0.5, 0.6) is 0 Å². The molecule has 7 nitrogen and oxygen atoms in total. The van der Waals surface area contributed by atoms with E-state index in [-0.39, 0.29) is 18.1 Å². The largest absolute Gasteiger partial charge is 0.480 e. The Labute approximate surface area is 125 Å². The van der Waals surface area contributed by atoms with Crippen molar-refractivity contribution >= 4 is 12.0 Å². The van der Waals surface area contributed by atoms with E-state index >= 15 is 0 Å². The summed E-state index contributed by atoms with van der Waals surface area (Å²) in [6, 6.07) is -0.0693. The van der Waals surface area contributed by atoms with E-state index in [9.17, 15) is 9.59 Å². The quantitative estimate of drug-likeness (QED) is 0.786. The predicted molar refractivity (Wildman–Crippen MR) is 77.3 cm³/mol. The molecule has 2 rings (SSSR count). The molecule has 2 aliphatic rings. The second-order valence-corrected chi connectivity index (χ2v) is 6.16. The lowest BCUT2D eigenvalue weighted by molar-refractivity contribution is -0.138. The van der Waals surface area contributed by atoms with Crippen molar-refractivity contribution in [3.8, 4) is 0 Å². The number of carboxylic acid groups (broad SMARTS) is 1. The van der Waals surface area contributed by atoms with Crippen LogP contribution in [0, 0.1) is 0 Å². The zero-order valence-corrected chi connectivity index (χ0v) is 12.6. The minimum absolute atomic E-state index is 0.0427. The minimum atomic E-state index is -0.820. The Kier molecular flexibility index (Phi) is 5.41. The monoisotopic (exact) mass is 299 g/mol. The number of nitrogens with zero attached hydrogens (tertiary/aromatic N) is 2. The third-order valence-electron chi connectivity index (χ3n) is 4.08. The molecule has 0 aromatic rings. The molecule has 0 aromatic carbocycles. The molecule has 2 fully saturated rings. The standard InChI is InChI=1S/C14H25N3O4/c1-14(4-2-9-21-11-14)15-13(20)17-6-3-5-16(7-8-17)10-12(18)19/h2-11H2,1H3,(H,15,20)(H,18,19). The van der Waals surface area contributed by atoms with Gasteiger partial charge in [-0.15, -0.1) is 0 Å². The third-order valence-corrected chi connectivity index (χ3v) is 4.08. The van der Waals surface area contributed by atoms with E-state index in [1.165, 1.54) is 0 Å². The Bertz CT molecular complexity index is 382. The molecule has 0 spiro atoms. The van der Waals surface area contributed by atoms with Gasteiger partial charge in [0, 0.05) is 32.8 Å². The van der Waals surface area contributed by atoms with Gasteiger partial charge in [-0.1, -0.05) is 0 Å². The smallest absolute Gasteiger partial charge is 0.317 e. The lowest BCUT2D eigenvalue weighted by atomic mass is 9.95. The Morgan fingerprint density at radius 3 is 2.71 bits per heavy atom. The minimum Gasteiger partial charge on any atom is -0.480 e. The molecule has 1 atom stereocenters. The second kappa shape index (κ2) is 7.09. The highest BCUT2D eigenvalue weighted by atomic mass is 16.5. The van der Waals surface area contributed by atoms with Gasteiger partial charge < -0.3 is 20.1 Å². The Morgan fingerprint density at radius 1 is 1.24 bits per heavy atom. The van der Waals surface area contributed by atoms with Crippen LogP contribution in [0.4, 0.5) is 4.79 Å². The number of ether oxygens (including phenoxy) is 1. The van der Waals surface area contributed by atoms with Crippen LogP contribution in [-0.2, 0) is 9.53 Å². The molecule has 0 saturated carbocycles. The Hall–Kier alpha value is -1.34. The van der Waals surface area contributed by atoms with E-state index < -0.39 is 5.97 Å². The summed E-state index contributed by atoms with van der Waals surface area (Å²) >= 11 is 0. The van der Waals surface area contributed by atoms with Crippen LogP contribution in [0.15, 0.2) is 0 Å². The molecule has 2 N–H and O–H groups in total. The summed E-state index contributed by atoms with van der Waals surface area (Å²) in [6.45, 7) is 5.93. The summed E-state index contributed by atoms with van der Waals surface area (Å²) < 4.78 is 5.45. The number of urea groups is 1. The fraction of sp³-hybridized carbons (Fsp3) is 0.857. The van der Waals surface area contributed by atoms with E-state index in [4.69, 9.17) is 9.84 Å². The van der Waals surface area contributed by atoms with Gasteiger partial charge in [0.15, 0.2) is 0 Å². The number of carbonyl (C=O) groups is 2. The molecule has 2 saturated heterocycles. The van der Waals surface area contributed by atoms with E-state index in [1.807, 2.05) is 11.8 Å². The first-order valence-electron chi connectivity index (χ1n) is 7.57. The molecule has 1 unspecified atom stereocenters. The molecule has 7 heteroatoms. The maximum Gasteiger partial charge on any atom is 0.317 e. The van der Waals surface area contributed by atoms with Crippen LogP contribution in [0.25, 0.3) is 0 Å². The number of nitrogens with one attached hydrogen (secondary N) is 1. The number of carbonyl (C=O) groups excluding carboxylic acids is 1. The van der Waals surface area contributed by atoms with Crippen LogP contribution >= 0.6 is 0 Å². The van der Waals surface area contributed by atoms with Crippen LogP contribution < -0.4 is 5.32 Å². The van der Waals surface area contributed by atoms with Gasteiger partial charge in [0.1, 0.15) is 0 Å². The van der Waals surface area contributed by atoms with Crippen LogP contribution in [0.3, 0.4) is 0 Å². The van der Waals surface area contributed by atoms with Crippen LogP contribution in [0.2, 0.25) is 0 Å². The Balaban J connectivity index is 1.83. The number of aliphatic carboxylic acids is 1. The molecule has 0 radical (unpaired) electrons. The van der Waals surface area contributed by atoms with Crippen molar-refractivity contribution in [1.82, 2.24) is 15.1 Å². The molecule has 0 aliphatic carbocycles. The van der Waals surface area contributed by atoms with Gasteiger partial charge in [-0.3, -0.25) is 9.69 Å². The molecule has 2 aliphatic heterocycles. The molecular weight excluding hydrogens is 274 g/mol. The Morgan fingerprint density at radius 2 is 2.05 bits per heavy atom. The van der Waals surface area contributed by atoms with Crippen LogP contribution in [-0.4, -0.2) is 78.4 Å². The number of hydrogen-bond donors (Lipinski definition) is 2. The van der Waals surface area contributed by atoms with Gasteiger partial charge in [0.2, 0.25) is 0 Å². The first-order chi connectivity index (χ1) is 9.98. The van der Waals surface area contributed by atoms with E-state index in [1.54, 1.807) is 4.90 Å². The van der Waals surface area contributed by atoms with Gasteiger partial charge in [0.05, 0.1) is 18.7 Å². The highest BCUT2D eigenvalue weighted by Crippen LogP contribution is 2.18. The normalized spacial score (nSPS) is 28.0. The average molecular weight is 299 g/mol. The molecule has 0 bridgehead atoms. The van der Waals surface area contributed by atoms with E-state index in [2.05, 4.69) is 5.32 Å². The molecule has 21 heavy (non-hydrogen) atoms. The van der Waals surface area contributed by atoms with Gasteiger partial charge in [-0.2, -0.15) is 0 Å². The summed E-state index contributed by atoms with van der Waals surface area (Å²) in [7, 11) is 0.